The van der Waals surface area contributed by atoms with Gasteiger partial charge in [0.2, 0.25) is 0 Å². The summed E-state index contributed by atoms with van der Waals surface area (Å²) in [6, 6.07) is 0. The summed E-state index contributed by atoms with van der Waals surface area (Å²) in [5.74, 6) is 0. The quantitative estimate of drug-likeness (QED) is 0.572. The summed E-state index contributed by atoms with van der Waals surface area (Å²) in [7, 11) is 0. The van der Waals surface area contributed by atoms with Gasteiger partial charge in [0.15, 0.2) is 12.5 Å². The Morgan fingerprint density at radius 1 is 1.11 bits per heavy atom. The lowest BCUT2D eigenvalue weighted by molar-refractivity contribution is -0.290. The van der Waals surface area contributed by atoms with Gasteiger partial charge >= 0.3 is 0 Å². The van der Waals surface area contributed by atoms with Crippen molar-refractivity contribution in [1.29, 1.82) is 0 Å². The van der Waals surface area contributed by atoms with Crippen LogP contribution < -0.4 is 0 Å². The first-order chi connectivity index (χ1) is 9.11. The summed E-state index contributed by atoms with van der Waals surface area (Å²) in [6.45, 7) is 1.99. The van der Waals surface area contributed by atoms with Gasteiger partial charge in [-0.25, -0.2) is 4.39 Å². The van der Waals surface area contributed by atoms with E-state index in [1.54, 1.807) is 0 Å². The van der Waals surface area contributed by atoms with Crippen LogP contribution in [0.3, 0.4) is 0 Å². The Balaban J connectivity index is 2.28. The van der Waals surface area contributed by atoms with E-state index < -0.39 is 37.4 Å². The molecule has 6 heteroatoms. The van der Waals surface area contributed by atoms with E-state index in [0.717, 1.165) is 25.7 Å². The Labute approximate surface area is 113 Å². The molecule has 1 aliphatic rings. The molecule has 19 heavy (non-hydrogen) atoms. The molecule has 1 saturated heterocycles. The molecule has 0 amide bonds. The van der Waals surface area contributed by atoms with Crippen LogP contribution in [0.4, 0.5) is 4.39 Å². The number of ether oxygens (including phenoxy) is 2. The second-order valence-corrected chi connectivity index (χ2v) is 4.94. The first-order valence-corrected chi connectivity index (χ1v) is 7.00. The summed E-state index contributed by atoms with van der Waals surface area (Å²) >= 11 is 0. The molecule has 0 unspecified atom stereocenters. The van der Waals surface area contributed by atoms with Crippen LogP contribution in [0.1, 0.15) is 39.0 Å². The van der Waals surface area contributed by atoms with Crippen LogP contribution in [0, 0.1) is 0 Å². The number of hydrogen-bond donors (Lipinski definition) is 3. The van der Waals surface area contributed by atoms with Crippen molar-refractivity contribution in [3.8, 4) is 0 Å². The Morgan fingerprint density at radius 3 is 2.42 bits per heavy atom. The minimum absolute atomic E-state index is 0.367. The van der Waals surface area contributed by atoms with Gasteiger partial charge in [0.1, 0.15) is 18.3 Å². The highest BCUT2D eigenvalue weighted by Gasteiger charge is 2.45. The van der Waals surface area contributed by atoms with E-state index >= 15 is 0 Å². The van der Waals surface area contributed by atoms with Crippen LogP contribution in [-0.4, -0.2) is 59.3 Å². The number of unbranched alkanes of at least 4 members (excludes halogenated alkanes) is 4. The first-order valence-electron chi connectivity index (χ1n) is 7.00. The van der Waals surface area contributed by atoms with Crippen LogP contribution >= 0.6 is 0 Å². The summed E-state index contributed by atoms with van der Waals surface area (Å²) < 4.78 is 24.0. The fraction of sp³-hybridized carbons (Fsp3) is 1.00. The second kappa shape index (κ2) is 8.81. The molecule has 1 rings (SSSR count). The maximum absolute atomic E-state index is 13.6. The third kappa shape index (κ3) is 4.96. The fourth-order valence-corrected chi connectivity index (χ4v) is 2.08. The Bertz CT molecular complexity index is 239. The third-order valence-electron chi connectivity index (χ3n) is 3.33. The van der Waals surface area contributed by atoms with Gasteiger partial charge in [0.05, 0.1) is 6.61 Å². The lowest BCUT2D eigenvalue weighted by Gasteiger charge is -2.38. The Hall–Kier alpha value is -0.270. The van der Waals surface area contributed by atoms with Gasteiger partial charge in [-0.2, -0.15) is 0 Å². The smallest absolute Gasteiger partial charge is 0.186 e. The molecule has 0 aromatic heterocycles. The van der Waals surface area contributed by atoms with Crippen molar-refractivity contribution in [3.63, 3.8) is 0 Å². The molecular formula is C13H25FO5. The van der Waals surface area contributed by atoms with E-state index in [-0.39, 0.29) is 0 Å². The molecule has 0 saturated carbocycles. The zero-order chi connectivity index (χ0) is 14.3. The minimum Gasteiger partial charge on any atom is -0.394 e. The molecule has 0 aromatic rings. The fourth-order valence-electron chi connectivity index (χ4n) is 2.08. The molecule has 3 N–H and O–H groups in total. The van der Waals surface area contributed by atoms with Crippen molar-refractivity contribution in [2.24, 2.45) is 0 Å². The molecular weight excluding hydrogens is 255 g/mol. The zero-order valence-electron chi connectivity index (χ0n) is 11.4. The Morgan fingerprint density at radius 2 is 1.79 bits per heavy atom. The van der Waals surface area contributed by atoms with E-state index in [1.807, 2.05) is 0 Å². The lowest BCUT2D eigenvalue weighted by atomic mass is 10.0. The molecule has 5 atom stereocenters. The second-order valence-electron chi connectivity index (χ2n) is 4.94. The number of aliphatic hydroxyl groups is 3. The van der Waals surface area contributed by atoms with Crippen LogP contribution in [-0.2, 0) is 9.47 Å². The summed E-state index contributed by atoms with van der Waals surface area (Å²) in [4.78, 5) is 0. The van der Waals surface area contributed by atoms with Crippen LogP contribution in [0.15, 0.2) is 0 Å². The van der Waals surface area contributed by atoms with E-state index in [4.69, 9.17) is 14.6 Å². The maximum atomic E-state index is 13.6. The van der Waals surface area contributed by atoms with E-state index in [1.165, 1.54) is 6.42 Å². The van der Waals surface area contributed by atoms with E-state index in [9.17, 15) is 14.6 Å². The zero-order valence-corrected chi connectivity index (χ0v) is 11.4. The van der Waals surface area contributed by atoms with Crippen LogP contribution in [0.25, 0.3) is 0 Å². The average molecular weight is 280 g/mol. The maximum Gasteiger partial charge on any atom is 0.186 e. The number of rotatable bonds is 8. The molecule has 0 aliphatic carbocycles. The van der Waals surface area contributed by atoms with E-state index in [0.29, 0.717) is 6.61 Å². The lowest BCUT2D eigenvalue weighted by Crippen LogP contribution is -2.57. The highest BCUT2D eigenvalue weighted by atomic mass is 19.1. The van der Waals surface area contributed by atoms with Crippen molar-refractivity contribution in [3.05, 3.63) is 0 Å². The number of alkyl halides is 1. The van der Waals surface area contributed by atoms with Crippen LogP contribution in [0.5, 0.6) is 0 Å². The SMILES string of the molecule is CCCCCCCO[C@H]1O[C@H](CO)[C@@H](O)[C@H](F)[C@@H]1O. The van der Waals surface area contributed by atoms with Crippen molar-refractivity contribution >= 4 is 0 Å². The van der Waals surface area contributed by atoms with Crippen molar-refractivity contribution in [2.75, 3.05) is 13.2 Å². The average Bonchev–Trinajstić information content (AvgIpc) is 2.42. The third-order valence-corrected chi connectivity index (χ3v) is 3.33. The molecule has 1 aliphatic heterocycles. The van der Waals surface area contributed by atoms with Gasteiger partial charge in [0.25, 0.3) is 0 Å². The van der Waals surface area contributed by atoms with Gasteiger partial charge < -0.3 is 24.8 Å². The van der Waals surface area contributed by atoms with Gasteiger partial charge in [0, 0.05) is 6.61 Å². The number of halogens is 1. The molecule has 1 fully saturated rings. The molecule has 114 valence electrons. The topological polar surface area (TPSA) is 79.2 Å². The standard InChI is InChI=1S/C13H25FO5/c1-2-3-4-5-6-7-18-13-12(17)10(14)11(16)9(8-15)19-13/h9-13,15-17H,2-8H2,1H3/t9-,10+,11-,12+,13+/m1/s1. The summed E-state index contributed by atoms with van der Waals surface area (Å²) in [5.41, 5.74) is 0. The molecule has 0 radical (unpaired) electrons. The Kier molecular flexibility index (Phi) is 7.78. The van der Waals surface area contributed by atoms with Gasteiger partial charge in [-0.3, -0.25) is 0 Å². The largest absolute Gasteiger partial charge is 0.394 e. The molecule has 0 bridgehead atoms. The van der Waals surface area contributed by atoms with Crippen LogP contribution in [0.2, 0.25) is 0 Å². The number of aliphatic hydroxyl groups excluding tert-OH is 3. The van der Waals surface area contributed by atoms with Crippen molar-refractivity contribution in [2.45, 2.75) is 69.8 Å². The van der Waals surface area contributed by atoms with Gasteiger partial charge in [-0.1, -0.05) is 32.6 Å². The summed E-state index contributed by atoms with van der Waals surface area (Å²) in [6.07, 6.45) is -1.80. The normalized spacial score (nSPS) is 35.5. The van der Waals surface area contributed by atoms with Crippen molar-refractivity contribution < 1.29 is 29.2 Å². The van der Waals surface area contributed by atoms with Gasteiger partial charge in [-0.05, 0) is 6.42 Å². The molecule has 0 spiro atoms. The van der Waals surface area contributed by atoms with Gasteiger partial charge in [-0.15, -0.1) is 0 Å². The highest BCUT2D eigenvalue weighted by Crippen LogP contribution is 2.24. The molecule has 1 heterocycles. The minimum atomic E-state index is -1.86. The van der Waals surface area contributed by atoms with E-state index in [2.05, 4.69) is 6.92 Å². The van der Waals surface area contributed by atoms with Crippen molar-refractivity contribution in [1.82, 2.24) is 0 Å². The highest BCUT2D eigenvalue weighted by molar-refractivity contribution is 4.89. The molecule has 0 aromatic carbocycles. The number of hydrogen-bond acceptors (Lipinski definition) is 5. The summed E-state index contributed by atoms with van der Waals surface area (Å²) in [5, 5.41) is 28.0. The first kappa shape index (κ1) is 16.8. The molecule has 5 nitrogen and oxygen atoms in total. The monoisotopic (exact) mass is 280 g/mol. The predicted molar refractivity (Wildman–Crippen MR) is 67.4 cm³/mol. The predicted octanol–water partition coefficient (Wildman–Crippen LogP) is 0.750.